The highest BCUT2D eigenvalue weighted by Gasteiger charge is 2.31. The zero-order valence-electron chi connectivity index (χ0n) is 14.2. The lowest BCUT2D eigenvalue weighted by atomic mass is 9.99. The Labute approximate surface area is 148 Å². The Hall–Kier alpha value is -1.89. The molecule has 0 aliphatic carbocycles. The molecule has 6 nitrogen and oxygen atoms in total. The summed E-state index contributed by atoms with van der Waals surface area (Å²) in [6, 6.07) is 9.89. The predicted octanol–water partition coefficient (Wildman–Crippen LogP) is 0.944. The predicted molar refractivity (Wildman–Crippen MR) is 94.8 cm³/mol. The quantitative estimate of drug-likeness (QED) is 0.843. The van der Waals surface area contributed by atoms with Crippen LogP contribution in [0.5, 0.6) is 0 Å². The van der Waals surface area contributed by atoms with Gasteiger partial charge in [-0.05, 0) is 24.3 Å². The summed E-state index contributed by atoms with van der Waals surface area (Å²) in [4.78, 5) is 25.9. The Balaban J connectivity index is 1.44. The monoisotopic (exact) mass is 364 g/mol. The van der Waals surface area contributed by atoms with Crippen molar-refractivity contribution in [2.75, 3.05) is 31.1 Å². The number of hydrogen-bond acceptors (Lipinski definition) is 4. The molecule has 2 saturated heterocycles. The maximum Gasteiger partial charge on any atom is 0.239 e. The number of carbonyl (C=O) groups excluding carboxylic acids is 2. The number of amides is 2. The minimum Gasteiger partial charge on any atom is -0.354 e. The number of benzene rings is 1. The average molecular weight is 364 g/mol. The number of rotatable bonds is 5. The van der Waals surface area contributed by atoms with Crippen LogP contribution in [0.3, 0.4) is 0 Å². The summed E-state index contributed by atoms with van der Waals surface area (Å²) in [7, 11) is -2.88. The summed E-state index contributed by atoms with van der Waals surface area (Å²) in [6.45, 7) is 1.13. The molecule has 2 amide bonds. The Kier molecular flexibility index (Phi) is 5.42. The summed E-state index contributed by atoms with van der Waals surface area (Å²) in [5.74, 6) is 0.598. The van der Waals surface area contributed by atoms with Gasteiger partial charge in [-0.3, -0.25) is 9.59 Å². The van der Waals surface area contributed by atoms with E-state index >= 15 is 0 Å². The van der Waals surface area contributed by atoms with Crippen LogP contribution in [0, 0.1) is 5.92 Å². The van der Waals surface area contributed by atoms with Crippen molar-refractivity contribution in [1.82, 2.24) is 10.2 Å². The van der Waals surface area contributed by atoms with Gasteiger partial charge >= 0.3 is 0 Å². The molecule has 2 fully saturated rings. The second-order valence-corrected chi connectivity index (χ2v) is 9.29. The van der Waals surface area contributed by atoms with Crippen LogP contribution in [0.2, 0.25) is 0 Å². The average Bonchev–Trinajstić information content (AvgIpc) is 2.95. The first-order chi connectivity index (χ1) is 11.9. The smallest absolute Gasteiger partial charge is 0.239 e. The molecule has 2 aliphatic heterocycles. The van der Waals surface area contributed by atoms with Crippen LogP contribution >= 0.6 is 0 Å². The number of carbonyl (C=O) groups is 2. The molecule has 1 aromatic rings. The Morgan fingerprint density at radius 3 is 2.52 bits per heavy atom. The first-order valence-corrected chi connectivity index (χ1v) is 10.5. The van der Waals surface area contributed by atoms with Gasteiger partial charge in [-0.1, -0.05) is 30.3 Å². The van der Waals surface area contributed by atoms with Crippen molar-refractivity contribution in [1.29, 1.82) is 0 Å². The molecule has 1 N–H and O–H groups in total. The number of nitrogens with one attached hydrogen (secondary N) is 1. The van der Waals surface area contributed by atoms with Crippen molar-refractivity contribution in [3.8, 4) is 0 Å². The van der Waals surface area contributed by atoms with Crippen molar-refractivity contribution >= 4 is 21.7 Å². The van der Waals surface area contributed by atoms with Crippen LogP contribution in [0.15, 0.2) is 30.3 Å². The summed E-state index contributed by atoms with van der Waals surface area (Å²) < 4.78 is 22.8. The molecule has 3 rings (SSSR count). The highest BCUT2D eigenvalue weighted by Crippen LogP contribution is 2.27. The van der Waals surface area contributed by atoms with E-state index in [2.05, 4.69) is 5.32 Å². The van der Waals surface area contributed by atoms with E-state index < -0.39 is 9.84 Å². The van der Waals surface area contributed by atoms with Crippen molar-refractivity contribution in [2.45, 2.75) is 25.2 Å². The van der Waals surface area contributed by atoms with E-state index in [1.54, 1.807) is 4.90 Å². The summed E-state index contributed by atoms with van der Waals surface area (Å²) in [5, 5.41) is 2.85. The third kappa shape index (κ3) is 4.81. The third-order valence-corrected chi connectivity index (χ3v) is 6.80. The number of hydrogen-bond donors (Lipinski definition) is 1. The van der Waals surface area contributed by atoms with E-state index in [-0.39, 0.29) is 41.7 Å². The molecule has 1 atom stereocenters. The Bertz CT molecular complexity index is 719. The first-order valence-electron chi connectivity index (χ1n) is 8.73. The van der Waals surface area contributed by atoms with Gasteiger partial charge in [0, 0.05) is 25.4 Å². The zero-order chi connectivity index (χ0) is 17.9. The lowest BCUT2D eigenvalue weighted by Crippen LogP contribution is -2.41. The maximum absolute atomic E-state index is 12.2. The van der Waals surface area contributed by atoms with Gasteiger partial charge in [0.25, 0.3) is 0 Å². The molecule has 1 aromatic carbocycles. The van der Waals surface area contributed by atoms with Crippen LogP contribution in [-0.4, -0.2) is 56.3 Å². The fourth-order valence-corrected chi connectivity index (χ4v) is 5.09. The second-order valence-electron chi connectivity index (χ2n) is 6.99. The molecule has 0 radical (unpaired) electrons. The molecule has 2 aliphatic rings. The maximum atomic E-state index is 12.2. The third-order valence-electron chi connectivity index (χ3n) is 5.08. The molecular weight excluding hydrogens is 340 g/mol. The normalized spacial score (nSPS) is 23.6. The number of likely N-dealkylation sites (tertiary alicyclic amines) is 1. The van der Waals surface area contributed by atoms with Crippen molar-refractivity contribution < 1.29 is 18.0 Å². The lowest BCUT2D eigenvalue weighted by Gasteiger charge is -2.23. The number of sulfone groups is 1. The fraction of sp³-hybridized carbons (Fsp3) is 0.556. The number of nitrogens with zero attached hydrogens (tertiary/aromatic N) is 1. The van der Waals surface area contributed by atoms with Crippen molar-refractivity contribution in [3.63, 3.8) is 0 Å². The van der Waals surface area contributed by atoms with Gasteiger partial charge in [-0.2, -0.15) is 0 Å². The van der Waals surface area contributed by atoms with Gasteiger partial charge in [0.2, 0.25) is 11.8 Å². The largest absolute Gasteiger partial charge is 0.354 e. The van der Waals surface area contributed by atoms with Gasteiger partial charge in [-0.15, -0.1) is 0 Å². The van der Waals surface area contributed by atoms with Crippen LogP contribution in [0.4, 0.5) is 0 Å². The molecule has 136 valence electrons. The molecular formula is C18H24N2O4S. The second kappa shape index (κ2) is 7.56. The molecule has 1 unspecified atom stereocenters. The van der Waals surface area contributed by atoms with Gasteiger partial charge in [0.15, 0.2) is 0 Å². The minimum absolute atomic E-state index is 0.00719. The van der Waals surface area contributed by atoms with Crippen molar-refractivity contribution in [2.24, 2.45) is 5.92 Å². The standard InChI is InChI=1S/C18H24N2O4S/c21-17(19-11-14-6-8-25(23,24)9-7-14)13-20-12-16(10-18(20)22)15-4-2-1-3-5-15/h1-5,14,16H,6-13H2,(H,19,21). The Morgan fingerprint density at radius 1 is 1.16 bits per heavy atom. The summed E-state index contributed by atoms with van der Waals surface area (Å²) in [6.07, 6.45) is 1.64. The lowest BCUT2D eigenvalue weighted by molar-refractivity contribution is -0.133. The van der Waals surface area contributed by atoms with Crippen LogP contribution < -0.4 is 5.32 Å². The molecule has 2 heterocycles. The molecule has 25 heavy (non-hydrogen) atoms. The van der Waals surface area contributed by atoms with E-state index in [0.29, 0.717) is 32.4 Å². The van der Waals surface area contributed by atoms with E-state index in [0.717, 1.165) is 5.56 Å². The van der Waals surface area contributed by atoms with Crippen LogP contribution in [0.25, 0.3) is 0 Å². The van der Waals surface area contributed by atoms with E-state index in [9.17, 15) is 18.0 Å². The van der Waals surface area contributed by atoms with E-state index in [1.165, 1.54) is 0 Å². The van der Waals surface area contributed by atoms with Crippen molar-refractivity contribution in [3.05, 3.63) is 35.9 Å². The zero-order valence-corrected chi connectivity index (χ0v) is 15.0. The van der Waals surface area contributed by atoms with Crippen LogP contribution in [-0.2, 0) is 19.4 Å². The Morgan fingerprint density at radius 2 is 1.84 bits per heavy atom. The SMILES string of the molecule is O=C(CN1CC(c2ccccc2)CC1=O)NCC1CCS(=O)(=O)CC1. The first kappa shape index (κ1) is 17.9. The van der Waals surface area contributed by atoms with E-state index in [4.69, 9.17) is 0 Å². The van der Waals surface area contributed by atoms with Crippen LogP contribution in [0.1, 0.15) is 30.7 Å². The van der Waals surface area contributed by atoms with Gasteiger partial charge in [0.05, 0.1) is 18.1 Å². The minimum atomic E-state index is -2.88. The summed E-state index contributed by atoms with van der Waals surface area (Å²) in [5.41, 5.74) is 1.13. The van der Waals surface area contributed by atoms with Gasteiger partial charge < -0.3 is 10.2 Å². The molecule has 0 bridgehead atoms. The fourth-order valence-electron chi connectivity index (χ4n) is 3.50. The molecule has 0 aromatic heterocycles. The topological polar surface area (TPSA) is 83.6 Å². The highest BCUT2D eigenvalue weighted by atomic mass is 32.2. The van der Waals surface area contributed by atoms with E-state index in [1.807, 2.05) is 30.3 Å². The molecule has 7 heteroatoms. The molecule has 0 saturated carbocycles. The summed E-state index contributed by atoms with van der Waals surface area (Å²) >= 11 is 0. The van der Waals surface area contributed by atoms with Gasteiger partial charge in [-0.25, -0.2) is 8.42 Å². The highest BCUT2D eigenvalue weighted by molar-refractivity contribution is 7.91. The molecule has 0 spiro atoms. The van der Waals surface area contributed by atoms with Gasteiger partial charge in [0.1, 0.15) is 9.84 Å².